The molecule has 4 rings (SSSR count). The Morgan fingerprint density at radius 2 is 1.82 bits per heavy atom. The second kappa shape index (κ2) is 8.73. The number of hydrogen-bond acceptors (Lipinski definition) is 3. The van der Waals surface area contributed by atoms with Crippen LogP contribution in [0.15, 0.2) is 48.5 Å². The largest absolute Gasteiger partial charge is 0.482 e. The van der Waals surface area contributed by atoms with Gasteiger partial charge in [0.2, 0.25) is 0 Å². The first-order valence-corrected chi connectivity index (χ1v) is 9.83. The van der Waals surface area contributed by atoms with Gasteiger partial charge in [-0.3, -0.25) is 9.69 Å². The van der Waals surface area contributed by atoms with E-state index >= 15 is 0 Å². The molecule has 0 aromatic heterocycles. The second-order valence-corrected chi connectivity index (χ2v) is 8.09. The molecule has 0 aliphatic carbocycles. The Morgan fingerprint density at radius 3 is 2.57 bits per heavy atom. The van der Waals surface area contributed by atoms with Crippen LogP contribution < -0.4 is 4.74 Å². The number of carbonyl (C=O) groups excluding carboxylic acids is 1. The molecule has 0 radical (unpaired) electrons. The highest BCUT2D eigenvalue weighted by molar-refractivity contribution is 6.32. The lowest BCUT2D eigenvalue weighted by molar-refractivity contribution is -0.132. The Hall–Kier alpha value is -1.75. The molecule has 0 unspecified atom stereocenters. The van der Waals surface area contributed by atoms with Gasteiger partial charge in [-0.25, -0.2) is 0 Å². The van der Waals surface area contributed by atoms with Crippen molar-refractivity contribution in [2.24, 2.45) is 11.8 Å². The molecule has 2 heterocycles. The number of ether oxygens (including phenoxy) is 1. The van der Waals surface area contributed by atoms with Gasteiger partial charge in [0.1, 0.15) is 5.75 Å². The zero-order chi connectivity index (χ0) is 19.0. The van der Waals surface area contributed by atoms with Gasteiger partial charge in [-0.2, -0.15) is 0 Å². The van der Waals surface area contributed by atoms with E-state index in [0.717, 1.165) is 19.6 Å². The van der Waals surface area contributed by atoms with Gasteiger partial charge in [0.25, 0.3) is 5.91 Å². The smallest absolute Gasteiger partial charge is 0.260 e. The van der Waals surface area contributed by atoms with Crippen molar-refractivity contribution in [1.82, 2.24) is 9.80 Å². The van der Waals surface area contributed by atoms with E-state index in [1.165, 1.54) is 11.1 Å². The third kappa shape index (κ3) is 4.00. The predicted octanol–water partition coefficient (Wildman–Crippen LogP) is 4.21. The van der Waals surface area contributed by atoms with Crippen LogP contribution in [0.4, 0.5) is 0 Å². The van der Waals surface area contributed by atoms with Crippen LogP contribution in [-0.4, -0.2) is 49.0 Å². The Balaban J connectivity index is 0.00000225. The first-order chi connectivity index (χ1) is 13.0. The summed E-state index contributed by atoms with van der Waals surface area (Å²) in [7, 11) is 2.20. The van der Waals surface area contributed by atoms with Crippen molar-refractivity contribution in [1.29, 1.82) is 0 Å². The van der Waals surface area contributed by atoms with E-state index in [1.807, 2.05) is 17.0 Å². The highest BCUT2D eigenvalue weighted by atomic mass is 35.5. The van der Waals surface area contributed by atoms with Gasteiger partial charge in [-0.15, -0.1) is 12.4 Å². The van der Waals surface area contributed by atoms with E-state index in [4.69, 9.17) is 16.3 Å². The number of para-hydroxylation sites is 1. The molecule has 2 aliphatic rings. The number of hydrogen-bond donors (Lipinski definition) is 0. The Labute approximate surface area is 177 Å². The van der Waals surface area contributed by atoms with Crippen molar-refractivity contribution in [3.63, 3.8) is 0 Å². The summed E-state index contributed by atoms with van der Waals surface area (Å²) in [6.45, 7) is 4.83. The normalized spacial score (nSPS) is 24.0. The van der Waals surface area contributed by atoms with Crippen LogP contribution in [0.3, 0.4) is 0 Å². The van der Waals surface area contributed by atoms with Gasteiger partial charge in [-0.05, 0) is 43.1 Å². The molecule has 2 saturated heterocycles. The van der Waals surface area contributed by atoms with Crippen LogP contribution in [0.1, 0.15) is 17.2 Å². The third-order valence-electron chi connectivity index (χ3n) is 5.94. The quantitative estimate of drug-likeness (QED) is 0.742. The summed E-state index contributed by atoms with van der Waals surface area (Å²) >= 11 is 6.11. The molecule has 28 heavy (non-hydrogen) atoms. The summed E-state index contributed by atoms with van der Waals surface area (Å²) in [6.07, 6.45) is 0. The number of fused-ring (bicyclic) bond motifs is 1. The Morgan fingerprint density at radius 1 is 1.11 bits per heavy atom. The van der Waals surface area contributed by atoms with E-state index in [1.54, 1.807) is 12.1 Å². The maximum absolute atomic E-state index is 12.7. The topological polar surface area (TPSA) is 32.8 Å². The van der Waals surface area contributed by atoms with Crippen molar-refractivity contribution in [3.05, 3.63) is 64.7 Å². The standard InChI is InChI=1S/C22H25ClN2O2.ClH/c1-15-7-3-4-8-17(15)22-18-13-25(12-16(18)11-24(22)2)21(26)14-27-20-10-6-5-9-19(20)23;/h3-10,16,18,22H,11-14H2,1-2H3;1H/t16-,18+,22+;/m0./s1. The van der Waals surface area contributed by atoms with Gasteiger partial charge >= 0.3 is 0 Å². The molecule has 0 spiro atoms. The molecule has 0 saturated carbocycles. The summed E-state index contributed by atoms with van der Waals surface area (Å²) in [6, 6.07) is 16.2. The molecule has 2 fully saturated rings. The highest BCUT2D eigenvalue weighted by Crippen LogP contribution is 2.44. The minimum atomic E-state index is 0. The van der Waals surface area contributed by atoms with Gasteiger partial charge in [0, 0.05) is 31.6 Å². The number of aryl methyl sites for hydroxylation is 1. The van der Waals surface area contributed by atoms with Gasteiger partial charge < -0.3 is 9.64 Å². The zero-order valence-electron chi connectivity index (χ0n) is 16.2. The number of benzene rings is 2. The zero-order valence-corrected chi connectivity index (χ0v) is 17.7. The predicted molar refractivity (Wildman–Crippen MR) is 114 cm³/mol. The van der Waals surface area contributed by atoms with Crippen molar-refractivity contribution in [2.45, 2.75) is 13.0 Å². The van der Waals surface area contributed by atoms with Gasteiger partial charge in [0.15, 0.2) is 6.61 Å². The van der Waals surface area contributed by atoms with Crippen LogP contribution in [0.5, 0.6) is 5.75 Å². The fourth-order valence-electron chi connectivity index (χ4n) is 4.64. The fourth-order valence-corrected chi connectivity index (χ4v) is 4.83. The van der Waals surface area contributed by atoms with Gasteiger partial charge in [0.05, 0.1) is 5.02 Å². The lowest BCUT2D eigenvalue weighted by Gasteiger charge is -2.28. The van der Waals surface area contributed by atoms with Crippen LogP contribution >= 0.6 is 24.0 Å². The molecule has 6 heteroatoms. The van der Waals surface area contributed by atoms with E-state index < -0.39 is 0 Å². The Kier molecular flexibility index (Phi) is 6.54. The highest BCUT2D eigenvalue weighted by Gasteiger charge is 2.47. The molecular formula is C22H26Cl2N2O2. The number of likely N-dealkylation sites (tertiary alicyclic amines) is 2. The molecule has 4 nitrogen and oxygen atoms in total. The SMILES string of the molecule is Cc1ccccc1[C@@H]1[C@@H]2CN(C(=O)COc3ccccc3Cl)C[C@@H]2CN1C.Cl. The van der Waals surface area contributed by atoms with E-state index in [9.17, 15) is 4.79 Å². The maximum atomic E-state index is 12.7. The van der Waals surface area contributed by atoms with E-state index in [2.05, 4.69) is 43.1 Å². The lowest BCUT2D eigenvalue weighted by atomic mass is 9.88. The van der Waals surface area contributed by atoms with Crippen LogP contribution in [-0.2, 0) is 4.79 Å². The number of halogens is 2. The molecule has 3 atom stereocenters. The summed E-state index contributed by atoms with van der Waals surface area (Å²) < 4.78 is 5.65. The molecule has 0 bridgehead atoms. The van der Waals surface area contributed by atoms with E-state index in [-0.39, 0.29) is 24.9 Å². The van der Waals surface area contributed by atoms with E-state index in [0.29, 0.717) is 28.6 Å². The lowest BCUT2D eigenvalue weighted by Crippen LogP contribution is -2.36. The molecule has 2 aliphatic heterocycles. The summed E-state index contributed by atoms with van der Waals surface area (Å²) in [5.74, 6) is 1.59. The number of nitrogens with zero attached hydrogens (tertiary/aromatic N) is 2. The fraction of sp³-hybridized carbons (Fsp3) is 0.409. The Bertz CT molecular complexity index is 845. The first-order valence-electron chi connectivity index (χ1n) is 9.45. The molecule has 1 amide bonds. The summed E-state index contributed by atoms with van der Waals surface area (Å²) in [5, 5.41) is 0.532. The van der Waals surface area contributed by atoms with Crippen molar-refractivity contribution in [2.75, 3.05) is 33.3 Å². The molecular weight excluding hydrogens is 395 g/mol. The minimum Gasteiger partial charge on any atom is -0.482 e. The summed E-state index contributed by atoms with van der Waals surface area (Å²) in [4.78, 5) is 17.1. The monoisotopic (exact) mass is 420 g/mol. The minimum absolute atomic E-state index is 0. The number of amides is 1. The maximum Gasteiger partial charge on any atom is 0.260 e. The van der Waals surface area contributed by atoms with Crippen LogP contribution in [0.25, 0.3) is 0 Å². The average Bonchev–Trinajstić information content (AvgIpc) is 3.18. The molecule has 150 valence electrons. The summed E-state index contributed by atoms with van der Waals surface area (Å²) in [5.41, 5.74) is 2.70. The number of rotatable bonds is 4. The number of carbonyl (C=O) groups is 1. The third-order valence-corrected chi connectivity index (χ3v) is 6.25. The van der Waals surface area contributed by atoms with Crippen LogP contribution in [0, 0.1) is 18.8 Å². The second-order valence-electron chi connectivity index (χ2n) is 7.68. The molecule has 2 aromatic carbocycles. The molecule has 2 aromatic rings. The van der Waals surface area contributed by atoms with Crippen molar-refractivity contribution < 1.29 is 9.53 Å². The van der Waals surface area contributed by atoms with Crippen molar-refractivity contribution >= 4 is 29.9 Å². The van der Waals surface area contributed by atoms with Crippen LogP contribution in [0.2, 0.25) is 5.02 Å². The first kappa shape index (κ1) is 21.0. The van der Waals surface area contributed by atoms with Crippen molar-refractivity contribution in [3.8, 4) is 5.75 Å². The average molecular weight is 421 g/mol. The van der Waals surface area contributed by atoms with Gasteiger partial charge in [-0.1, -0.05) is 48.0 Å². The molecule has 0 N–H and O–H groups in total.